The molecule has 2 N–H and O–H groups in total. The average Bonchev–Trinajstić information content (AvgIpc) is 2.80. The number of fused-ring (bicyclic) bond motifs is 1. The van der Waals surface area contributed by atoms with Crippen LogP contribution in [0.25, 0.3) is 16.8 Å². The molecule has 0 aromatic heterocycles. The Labute approximate surface area is 188 Å². The topological polar surface area (TPSA) is 58.2 Å². The predicted octanol–water partition coefficient (Wildman–Crippen LogP) is 5.79. The van der Waals surface area contributed by atoms with Crippen LogP contribution in [0.1, 0.15) is 24.5 Å². The Balaban J connectivity index is 1.81. The van der Waals surface area contributed by atoms with E-state index in [1.807, 2.05) is 50.4 Å². The Bertz CT molecular complexity index is 1090. The molecule has 3 aromatic rings. The van der Waals surface area contributed by atoms with Crippen LogP contribution in [0.3, 0.4) is 0 Å². The molecule has 0 radical (unpaired) electrons. The van der Waals surface area contributed by atoms with Gasteiger partial charge in [0.05, 0.1) is 11.4 Å². The first-order valence-corrected chi connectivity index (χ1v) is 11.6. The van der Waals surface area contributed by atoms with E-state index in [0.29, 0.717) is 23.4 Å². The van der Waals surface area contributed by atoms with Gasteiger partial charge in [0, 0.05) is 18.3 Å². The number of rotatable bonds is 10. The molecule has 160 valence electrons. The molecule has 3 rings (SSSR count). The first-order chi connectivity index (χ1) is 15.1. The summed E-state index contributed by atoms with van der Waals surface area (Å²) < 4.78 is 0. The van der Waals surface area contributed by atoms with Gasteiger partial charge in [-0.3, -0.25) is 9.59 Å². The van der Waals surface area contributed by atoms with Gasteiger partial charge >= 0.3 is 0 Å². The molecule has 0 aliphatic heterocycles. The predicted molar refractivity (Wildman–Crippen MR) is 134 cm³/mol. The lowest BCUT2D eigenvalue weighted by Gasteiger charge is -2.14. The molecule has 0 aliphatic rings. The maximum atomic E-state index is 12.3. The summed E-state index contributed by atoms with van der Waals surface area (Å²) >= 11 is 1.58. The summed E-state index contributed by atoms with van der Waals surface area (Å²) in [5, 5.41) is 8.55. The number of carbonyl (C=O) groups excluding carboxylic acids is 2. The third-order valence-corrected chi connectivity index (χ3v) is 5.96. The molecule has 31 heavy (non-hydrogen) atoms. The number of hydrogen-bond donors (Lipinski definition) is 2. The van der Waals surface area contributed by atoms with Crippen LogP contribution >= 0.6 is 11.8 Å². The molecule has 0 heterocycles. The largest absolute Gasteiger partial charge is 0.388 e. The van der Waals surface area contributed by atoms with Crippen molar-refractivity contribution in [1.82, 2.24) is 0 Å². The Morgan fingerprint density at radius 2 is 1.77 bits per heavy atom. The Kier molecular flexibility index (Phi) is 8.30. The van der Waals surface area contributed by atoms with Crippen molar-refractivity contribution in [2.24, 2.45) is 0 Å². The van der Waals surface area contributed by atoms with Crippen LogP contribution in [0.15, 0.2) is 66.2 Å². The number of nitrogens with one attached hydrogen (secondary N) is 2. The van der Waals surface area contributed by atoms with Crippen LogP contribution in [0.4, 0.5) is 11.4 Å². The minimum atomic E-state index is -0.0430. The van der Waals surface area contributed by atoms with Crippen LogP contribution < -0.4 is 10.6 Å². The monoisotopic (exact) mass is 432 g/mol. The molecule has 0 atom stereocenters. The first kappa shape index (κ1) is 22.6. The van der Waals surface area contributed by atoms with Crippen molar-refractivity contribution >= 4 is 52.2 Å². The lowest BCUT2D eigenvalue weighted by Crippen LogP contribution is -2.15. The Hall–Kier alpha value is -3.05. The average molecular weight is 433 g/mol. The van der Waals surface area contributed by atoms with Crippen LogP contribution in [-0.4, -0.2) is 30.7 Å². The molecular formula is C26H28N2O2S. The fraction of sp³-hybridized carbons (Fsp3) is 0.231. The highest BCUT2D eigenvalue weighted by atomic mass is 32.2. The molecular weight excluding hydrogens is 404 g/mol. The summed E-state index contributed by atoms with van der Waals surface area (Å²) in [7, 11) is 1.83. The smallest absolute Gasteiger partial charge is 0.234 e. The van der Waals surface area contributed by atoms with E-state index in [0.717, 1.165) is 29.7 Å². The van der Waals surface area contributed by atoms with Gasteiger partial charge in [-0.1, -0.05) is 55.5 Å². The highest BCUT2D eigenvalue weighted by Gasteiger charge is 2.10. The number of amides is 1. The second kappa shape index (κ2) is 11.4. The number of allylic oxidation sites excluding steroid dienone is 1. The number of benzene rings is 3. The lowest BCUT2D eigenvalue weighted by atomic mass is 9.99. The van der Waals surface area contributed by atoms with E-state index in [2.05, 4.69) is 41.0 Å². The van der Waals surface area contributed by atoms with Gasteiger partial charge in [-0.25, -0.2) is 0 Å². The van der Waals surface area contributed by atoms with E-state index in [4.69, 9.17) is 0 Å². The number of hydrogen-bond acceptors (Lipinski definition) is 4. The second-order valence-corrected chi connectivity index (χ2v) is 8.50. The summed E-state index contributed by atoms with van der Waals surface area (Å²) in [5.41, 5.74) is 4.28. The number of aryl methyl sites for hydroxylation is 1. The molecule has 0 unspecified atom stereocenters. The van der Waals surface area contributed by atoms with Crippen LogP contribution in [0, 0.1) is 0 Å². The quantitative estimate of drug-likeness (QED) is 0.315. The van der Waals surface area contributed by atoms with Crippen LogP contribution in [0.2, 0.25) is 0 Å². The summed E-state index contributed by atoms with van der Waals surface area (Å²) in [6.45, 7) is 2.03. The van der Waals surface area contributed by atoms with Gasteiger partial charge in [-0.05, 0) is 58.7 Å². The van der Waals surface area contributed by atoms with E-state index >= 15 is 0 Å². The van der Waals surface area contributed by atoms with Crippen molar-refractivity contribution in [3.63, 3.8) is 0 Å². The van der Waals surface area contributed by atoms with E-state index in [-0.39, 0.29) is 5.91 Å². The fourth-order valence-corrected chi connectivity index (χ4v) is 3.92. The van der Waals surface area contributed by atoms with Crippen LogP contribution in [-0.2, 0) is 16.0 Å². The van der Waals surface area contributed by atoms with Gasteiger partial charge in [0.1, 0.15) is 6.29 Å². The Morgan fingerprint density at radius 3 is 2.52 bits per heavy atom. The van der Waals surface area contributed by atoms with Gasteiger partial charge in [0.15, 0.2) is 0 Å². The van der Waals surface area contributed by atoms with Gasteiger partial charge < -0.3 is 10.6 Å². The number of carbonyl (C=O) groups is 2. The fourth-order valence-electron chi connectivity index (χ4n) is 3.46. The molecule has 0 bridgehead atoms. The summed E-state index contributed by atoms with van der Waals surface area (Å²) in [5.74, 6) is 1.26. The van der Waals surface area contributed by atoms with E-state index < -0.39 is 0 Å². The summed E-state index contributed by atoms with van der Waals surface area (Å²) in [4.78, 5) is 24.1. The normalized spacial score (nSPS) is 11.4. The standard InChI is InChI=1S/C26H28N2O2S/c1-3-31-18-26(30)28-25-10-6-9-24(27-2)23(25)16-20(17-29)12-11-19-13-14-21-7-4-5-8-22(21)15-19/h4-10,13-17,27H,3,11-12,18H2,1-2H3,(H,28,30)/b20-16-. The van der Waals surface area contributed by atoms with Crippen LogP contribution in [0.5, 0.6) is 0 Å². The van der Waals surface area contributed by atoms with Gasteiger partial charge in [0.2, 0.25) is 5.91 Å². The molecule has 0 spiro atoms. The zero-order valence-corrected chi connectivity index (χ0v) is 18.8. The van der Waals surface area contributed by atoms with Gasteiger partial charge in [-0.15, -0.1) is 0 Å². The summed E-state index contributed by atoms with van der Waals surface area (Å²) in [6.07, 6.45) is 4.18. The highest BCUT2D eigenvalue weighted by Crippen LogP contribution is 2.28. The number of thioether (sulfide) groups is 1. The molecule has 0 saturated carbocycles. The summed E-state index contributed by atoms with van der Waals surface area (Å²) in [6, 6.07) is 20.4. The lowest BCUT2D eigenvalue weighted by molar-refractivity contribution is -0.113. The number of aldehydes is 1. The van der Waals surface area contributed by atoms with E-state index in [1.165, 1.54) is 16.3 Å². The zero-order chi connectivity index (χ0) is 22.1. The molecule has 0 aliphatic carbocycles. The third-order valence-electron chi connectivity index (χ3n) is 5.08. The van der Waals surface area contributed by atoms with E-state index in [9.17, 15) is 9.59 Å². The zero-order valence-electron chi connectivity index (χ0n) is 18.0. The highest BCUT2D eigenvalue weighted by molar-refractivity contribution is 7.99. The third kappa shape index (κ3) is 6.22. The van der Waals surface area contributed by atoms with Crippen molar-refractivity contribution in [2.75, 3.05) is 29.2 Å². The maximum Gasteiger partial charge on any atom is 0.234 e. The molecule has 1 amide bonds. The minimum absolute atomic E-state index is 0.0430. The SMILES string of the molecule is CCSCC(=O)Nc1cccc(NC)c1/C=C(\C=O)CCc1ccc2ccccc2c1. The van der Waals surface area contributed by atoms with Gasteiger partial charge in [-0.2, -0.15) is 11.8 Å². The van der Waals surface area contributed by atoms with E-state index in [1.54, 1.807) is 11.8 Å². The van der Waals surface area contributed by atoms with Crippen molar-refractivity contribution < 1.29 is 9.59 Å². The number of anilines is 2. The maximum absolute atomic E-state index is 12.3. The van der Waals surface area contributed by atoms with Crippen molar-refractivity contribution in [1.29, 1.82) is 0 Å². The van der Waals surface area contributed by atoms with Crippen molar-refractivity contribution in [3.8, 4) is 0 Å². The van der Waals surface area contributed by atoms with Crippen molar-refractivity contribution in [3.05, 3.63) is 77.4 Å². The minimum Gasteiger partial charge on any atom is -0.388 e. The molecule has 4 nitrogen and oxygen atoms in total. The van der Waals surface area contributed by atoms with Gasteiger partial charge in [0.25, 0.3) is 0 Å². The second-order valence-electron chi connectivity index (χ2n) is 7.22. The van der Waals surface area contributed by atoms with Crippen molar-refractivity contribution in [2.45, 2.75) is 19.8 Å². The molecule has 0 saturated heterocycles. The molecule has 0 fully saturated rings. The Morgan fingerprint density at radius 1 is 1.00 bits per heavy atom. The molecule has 3 aromatic carbocycles. The first-order valence-electron chi connectivity index (χ1n) is 10.5. The molecule has 5 heteroatoms.